The van der Waals surface area contributed by atoms with Gasteiger partial charge in [-0.05, 0) is 31.1 Å². The number of sulfonamides is 1. The van der Waals surface area contributed by atoms with E-state index in [2.05, 4.69) is 13.8 Å². The topological polar surface area (TPSA) is 46.6 Å². The third-order valence-corrected chi connectivity index (χ3v) is 6.43. The predicted molar refractivity (Wildman–Crippen MR) is 74.0 cm³/mol. The molecule has 0 aromatic heterocycles. The van der Waals surface area contributed by atoms with E-state index < -0.39 is 15.3 Å². The van der Waals surface area contributed by atoms with Crippen LogP contribution in [0.4, 0.5) is 0 Å². The predicted octanol–water partition coefficient (Wildman–Crippen LogP) is 2.11. The Balaban J connectivity index is 2.65. The Morgan fingerprint density at radius 1 is 1.28 bits per heavy atom. The van der Waals surface area contributed by atoms with Gasteiger partial charge in [0.05, 0.1) is 11.9 Å². The van der Waals surface area contributed by atoms with Crippen molar-refractivity contribution >= 4 is 10.0 Å². The van der Waals surface area contributed by atoms with Gasteiger partial charge in [-0.3, -0.25) is 0 Å². The smallest absolute Gasteiger partial charge is 0.219 e. The summed E-state index contributed by atoms with van der Waals surface area (Å²) in [4.78, 5) is 0. The largest absolute Gasteiger partial charge is 0.383 e. The Hall–Kier alpha value is -0.130. The lowest BCUT2D eigenvalue weighted by Gasteiger charge is -2.35. The van der Waals surface area contributed by atoms with Crippen LogP contribution in [0.3, 0.4) is 0 Å². The molecular formula is C13H27NO3S. The van der Waals surface area contributed by atoms with Crippen LogP contribution in [0, 0.1) is 11.8 Å². The second kappa shape index (κ2) is 6.87. The molecule has 1 fully saturated rings. The van der Waals surface area contributed by atoms with Gasteiger partial charge in [0.1, 0.15) is 0 Å². The van der Waals surface area contributed by atoms with E-state index in [1.165, 1.54) is 0 Å². The maximum Gasteiger partial charge on any atom is 0.219 e. The molecule has 1 atom stereocenters. The molecule has 4 nitrogen and oxygen atoms in total. The Kier molecular flexibility index (Phi) is 6.08. The Labute approximate surface area is 112 Å². The second-order valence-corrected chi connectivity index (χ2v) is 7.72. The third-order valence-electron chi connectivity index (χ3n) is 4.03. The molecule has 18 heavy (non-hydrogen) atoms. The highest BCUT2D eigenvalue weighted by molar-refractivity contribution is 7.89. The van der Waals surface area contributed by atoms with Crippen molar-refractivity contribution in [3.63, 3.8) is 0 Å². The molecule has 1 rings (SSSR count). The van der Waals surface area contributed by atoms with Gasteiger partial charge >= 0.3 is 0 Å². The highest BCUT2D eigenvalue weighted by atomic mass is 32.2. The van der Waals surface area contributed by atoms with E-state index in [1.807, 2.05) is 6.92 Å². The average Bonchev–Trinajstić information content (AvgIpc) is 2.35. The van der Waals surface area contributed by atoms with Gasteiger partial charge in [0.15, 0.2) is 0 Å². The van der Waals surface area contributed by atoms with E-state index in [-0.39, 0.29) is 0 Å². The van der Waals surface area contributed by atoms with Crippen LogP contribution in [0.5, 0.6) is 0 Å². The van der Waals surface area contributed by atoms with Crippen LogP contribution in [0.15, 0.2) is 0 Å². The quantitative estimate of drug-likeness (QED) is 0.747. The molecule has 1 aliphatic rings. The summed E-state index contributed by atoms with van der Waals surface area (Å²) in [6, 6.07) is 0. The summed E-state index contributed by atoms with van der Waals surface area (Å²) in [6.45, 7) is 7.98. The lowest BCUT2D eigenvalue weighted by Crippen LogP contribution is -2.45. The minimum atomic E-state index is -3.18. The molecule has 5 heteroatoms. The molecule has 0 saturated carbocycles. The first-order valence-electron chi connectivity index (χ1n) is 6.91. The number of rotatable bonds is 6. The molecule has 0 aliphatic carbocycles. The number of hydrogen-bond acceptors (Lipinski definition) is 3. The van der Waals surface area contributed by atoms with Gasteiger partial charge in [-0.25, -0.2) is 12.7 Å². The van der Waals surface area contributed by atoms with Gasteiger partial charge in [-0.15, -0.1) is 0 Å². The lowest BCUT2D eigenvalue weighted by molar-refractivity contribution is 0.187. The lowest BCUT2D eigenvalue weighted by atomic mass is 9.87. The van der Waals surface area contributed by atoms with Crippen LogP contribution < -0.4 is 0 Å². The SMILES string of the molecule is CCC(COC)S(=O)(=O)N1CCC(C(C)C)CC1. The van der Waals surface area contributed by atoms with Crippen molar-refractivity contribution in [3.8, 4) is 0 Å². The first-order chi connectivity index (χ1) is 8.43. The maximum atomic E-state index is 12.4. The Morgan fingerprint density at radius 2 is 1.83 bits per heavy atom. The third kappa shape index (κ3) is 3.68. The number of ether oxygens (including phenoxy) is 1. The standard InChI is InChI=1S/C13H27NO3S/c1-5-13(10-17-4)18(15,16)14-8-6-12(7-9-14)11(2)3/h11-13H,5-10H2,1-4H3. The van der Waals surface area contributed by atoms with Crippen LogP contribution in [-0.4, -0.2) is 44.8 Å². The molecular weight excluding hydrogens is 250 g/mol. The van der Waals surface area contributed by atoms with Crippen molar-refractivity contribution in [2.24, 2.45) is 11.8 Å². The Bertz CT molecular complexity index is 332. The zero-order valence-electron chi connectivity index (χ0n) is 12.1. The fourth-order valence-corrected chi connectivity index (χ4v) is 4.48. The van der Waals surface area contributed by atoms with Gasteiger partial charge in [-0.2, -0.15) is 0 Å². The molecule has 1 saturated heterocycles. The first-order valence-corrected chi connectivity index (χ1v) is 8.41. The normalized spacial score (nSPS) is 21.4. The molecule has 0 spiro atoms. The van der Waals surface area contributed by atoms with Crippen LogP contribution in [-0.2, 0) is 14.8 Å². The second-order valence-electron chi connectivity index (χ2n) is 5.51. The summed E-state index contributed by atoms with van der Waals surface area (Å²) in [5.41, 5.74) is 0. The van der Waals surface area contributed by atoms with Gasteiger partial charge in [0.2, 0.25) is 10.0 Å². The van der Waals surface area contributed by atoms with Crippen LogP contribution in [0.2, 0.25) is 0 Å². The number of piperidine rings is 1. The molecule has 0 aromatic rings. The molecule has 108 valence electrons. The molecule has 0 bridgehead atoms. The summed E-state index contributed by atoms with van der Waals surface area (Å²) in [5.74, 6) is 1.31. The van der Waals surface area contributed by atoms with Crippen molar-refractivity contribution in [2.75, 3.05) is 26.8 Å². The maximum absolute atomic E-state index is 12.4. The van der Waals surface area contributed by atoms with Crippen LogP contribution >= 0.6 is 0 Å². The molecule has 1 heterocycles. The van der Waals surface area contributed by atoms with Crippen molar-refractivity contribution < 1.29 is 13.2 Å². The highest BCUT2D eigenvalue weighted by Gasteiger charge is 2.34. The van der Waals surface area contributed by atoms with E-state index in [4.69, 9.17) is 4.74 Å². The number of hydrogen-bond donors (Lipinski definition) is 0. The highest BCUT2D eigenvalue weighted by Crippen LogP contribution is 2.27. The van der Waals surface area contributed by atoms with E-state index >= 15 is 0 Å². The molecule has 0 N–H and O–H groups in total. The molecule has 0 radical (unpaired) electrons. The average molecular weight is 277 g/mol. The minimum absolute atomic E-state index is 0.295. The van der Waals surface area contributed by atoms with Gasteiger partial charge in [-0.1, -0.05) is 20.8 Å². The molecule has 0 amide bonds. The number of methoxy groups -OCH3 is 1. The van der Waals surface area contributed by atoms with Crippen molar-refractivity contribution in [1.82, 2.24) is 4.31 Å². The van der Waals surface area contributed by atoms with Crippen molar-refractivity contribution in [1.29, 1.82) is 0 Å². The molecule has 0 aromatic carbocycles. The van der Waals surface area contributed by atoms with Gasteiger partial charge in [0, 0.05) is 20.2 Å². The summed E-state index contributed by atoms with van der Waals surface area (Å²) in [6.07, 6.45) is 2.58. The monoisotopic (exact) mass is 277 g/mol. The zero-order valence-corrected chi connectivity index (χ0v) is 12.9. The van der Waals surface area contributed by atoms with Crippen LogP contribution in [0.25, 0.3) is 0 Å². The fraction of sp³-hybridized carbons (Fsp3) is 1.00. The van der Waals surface area contributed by atoms with Gasteiger partial charge < -0.3 is 4.74 Å². The Morgan fingerprint density at radius 3 is 2.22 bits per heavy atom. The van der Waals surface area contributed by atoms with Crippen LogP contribution in [0.1, 0.15) is 40.0 Å². The van der Waals surface area contributed by atoms with E-state index in [0.29, 0.717) is 38.0 Å². The summed E-state index contributed by atoms with van der Waals surface area (Å²) >= 11 is 0. The first kappa shape index (κ1) is 15.9. The van der Waals surface area contributed by atoms with E-state index in [9.17, 15) is 8.42 Å². The summed E-state index contributed by atoms with van der Waals surface area (Å²) in [7, 11) is -1.62. The number of nitrogens with zero attached hydrogens (tertiary/aromatic N) is 1. The zero-order chi connectivity index (χ0) is 13.8. The van der Waals surface area contributed by atoms with E-state index in [1.54, 1.807) is 11.4 Å². The van der Waals surface area contributed by atoms with Crippen molar-refractivity contribution in [2.45, 2.75) is 45.3 Å². The van der Waals surface area contributed by atoms with Crippen molar-refractivity contribution in [3.05, 3.63) is 0 Å². The molecule has 1 unspecified atom stereocenters. The fourth-order valence-electron chi connectivity index (χ4n) is 2.61. The van der Waals surface area contributed by atoms with Gasteiger partial charge in [0.25, 0.3) is 0 Å². The van der Waals surface area contributed by atoms with E-state index in [0.717, 1.165) is 12.8 Å². The minimum Gasteiger partial charge on any atom is -0.383 e. The summed E-state index contributed by atoms with van der Waals surface area (Å²) in [5, 5.41) is -0.391. The summed E-state index contributed by atoms with van der Waals surface area (Å²) < 4.78 is 31.5. The molecule has 1 aliphatic heterocycles.